The van der Waals surface area contributed by atoms with Crippen molar-refractivity contribution in [2.24, 2.45) is 52.7 Å². The number of hydrogen-bond acceptors (Lipinski definition) is 19. The number of nitrogens with zero attached hydrogens (tertiary/aromatic N) is 5. The van der Waals surface area contributed by atoms with E-state index in [1.807, 2.05) is 53.8 Å². The van der Waals surface area contributed by atoms with Crippen molar-refractivity contribution in [2.75, 3.05) is 58.5 Å². The molecule has 0 aliphatic carbocycles. The zero-order chi connectivity index (χ0) is 70.5. The number of amides is 8. The lowest BCUT2D eigenvalue weighted by atomic mass is 9.89. The molecule has 4 aromatic rings. The van der Waals surface area contributed by atoms with Gasteiger partial charge in [-0.3, -0.25) is 57.6 Å². The largest absolute Gasteiger partial charge is 0.396 e. The number of rotatable bonds is 31. The maximum Gasteiger partial charge on any atom is 0.315 e. The summed E-state index contributed by atoms with van der Waals surface area (Å²) in [7, 11) is 1.83. The molecule has 2 bridgehead atoms. The number of hydrogen-bond donors (Lipinski definition) is 11. The van der Waals surface area contributed by atoms with Crippen LogP contribution in [0.4, 0.5) is 4.79 Å². The molecule has 10 atom stereocenters. The summed E-state index contributed by atoms with van der Waals surface area (Å²) >= 11 is 1.86. The number of thioether (sulfide) groups is 1. The number of nitrogens with two attached hydrogens (primary N) is 4. The van der Waals surface area contributed by atoms with E-state index in [0.29, 0.717) is 55.1 Å². The number of nitrogens with one attached hydrogen (secondary N) is 6. The molecule has 534 valence electrons. The van der Waals surface area contributed by atoms with Gasteiger partial charge in [0.1, 0.15) is 24.5 Å². The van der Waals surface area contributed by atoms with Crippen LogP contribution < -0.4 is 54.8 Å². The van der Waals surface area contributed by atoms with E-state index in [0.717, 1.165) is 35.9 Å². The summed E-state index contributed by atoms with van der Waals surface area (Å²) in [6.07, 6.45) is 5.70. The quantitative estimate of drug-likeness (QED) is 0.0139. The highest BCUT2D eigenvalue weighted by atomic mass is 32.2. The van der Waals surface area contributed by atoms with Crippen LogP contribution in [0.3, 0.4) is 0 Å². The number of urea groups is 1. The first-order valence-corrected chi connectivity index (χ1v) is 34.6. The number of aliphatic imine (C=N–C) groups is 1. The van der Waals surface area contributed by atoms with Crippen LogP contribution >= 0.6 is 11.8 Å². The normalized spacial score (nSPS) is 23.3. The minimum atomic E-state index is -1.65. The minimum absolute atomic E-state index is 0.00571. The van der Waals surface area contributed by atoms with E-state index in [1.165, 1.54) is 4.68 Å². The second-order valence-corrected chi connectivity index (χ2v) is 26.5. The van der Waals surface area contributed by atoms with Crippen molar-refractivity contribution in [3.8, 4) is 0 Å². The topological polar surface area (TPSA) is 460 Å². The van der Waals surface area contributed by atoms with Gasteiger partial charge in [0.25, 0.3) is 0 Å². The summed E-state index contributed by atoms with van der Waals surface area (Å²) in [6.45, 7) is -0.0933. The first-order valence-electron chi connectivity index (χ1n) is 33.6. The molecular formula is C67H95N15O15S. The van der Waals surface area contributed by atoms with Crippen molar-refractivity contribution < 1.29 is 72.1 Å². The van der Waals surface area contributed by atoms with Gasteiger partial charge in [-0.25, -0.2) is 4.79 Å². The van der Waals surface area contributed by atoms with Gasteiger partial charge < -0.3 is 78.7 Å². The van der Waals surface area contributed by atoms with Crippen LogP contribution in [0, 0.1) is 17.8 Å². The van der Waals surface area contributed by atoms with Gasteiger partial charge in [-0.1, -0.05) is 60.2 Å². The third-order valence-corrected chi connectivity index (χ3v) is 19.1. The summed E-state index contributed by atoms with van der Waals surface area (Å²) in [5.74, 6) is -10.2. The van der Waals surface area contributed by atoms with Crippen LogP contribution in [0.5, 0.6) is 0 Å². The molecule has 0 saturated carbocycles. The Hall–Kier alpha value is -8.65. The van der Waals surface area contributed by atoms with Crippen LogP contribution in [0.25, 0.3) is 10.9 Å². The Labute approximate surface area is 573 Å². The fourth-order valence-corrected chi connectivity index (χ4v) is 13.9. The van der Waals surface area contributed by atoms with E-state index in [-0.39, 0.29) is 114 Å². The number of aliphatic hydroxyl groups excluding tert-OH is 1. The molecule has 98 heavy (non-hydrogen) atoms. The fourth-order valence-electron chi connectivity index (χ4n) is 12.3. The van der Waals surface area contributed by atoms with Crippen LogP contribution in [0.1, 0.15) is 113 Å². The van der Waals surface area contributed by atoms with Crippen molar-refractivity contribution in [1.29, 1.82) is 0 Å². The Morgan fingerprint density at radius 3 is 2.07 bits per heavy atom. The number of carbonyl (C=O) groups excluding carboxylic acids is 11. The minimum Gasteiger partial charge on any atom is -0.396 e. The number of ether oxygens (including phenoxy) is 3. The number of fused-ring (bicyclic) bond motifs is 4. The van der Waals surface area contributed by atoms with Crippen LogP contribution in [0.2, 0.25) is 0 Å². The van der Waals surface area contributed by atoms with Crippen molar-refractivity contribution in [2.45, 2.75) is 164 Å². The molecule has 2 saturated heterocycles. The predicted molar refractivity (Wildman–Crippen MR) is 362 cm³/mol. The number of aliphatic hydroxyl groups is 1. The Bertz CT molecular complexity index is 3400. The van der Waals surface area contributed by atoms with Gasteiger partial charge in [0.2, 0.25) is 35.4 Å². The van der Waals surface area contributed by atoms with Gasteiger partial charge in [0.15, 0.2) is 23.3 Å². The average molecular weight is 1380 g/mol. The molecule has 30 nitrogen and oxygen atoms in total. The molecule has 5 heterocycles. The third-order valence-electron chi connectivity index (χ3n) is 17.6. The van der Waals surface area contributed by atoms with Gasteiger partial charge in [-0.05, 0) is 75.0 Å². The lowest BCUT2D eigenvalue weighted by molar-refractivity contribution is -0.137. The molecule has 7 rings (SSSR count). The number of guanidine groups is 1. The molecular weight excluding hydrogens is 1290 g/mol. The summed E-state index contributed by atoms with van der Waals surface area (Å²) in [4.78, 5) is 155. The number of aromatic nitrogens is 4. The molecule has 8 amide bonds. The van der Waals surface area contributed by atoms with Crippen LogP contribution in [0.15, 0.2) is 72.0 Å². The number of primary amides is 2. The monoisotopic (exact) mass is 1380 g/mol. The highest BCUT2D eigenvalue weighted by molar-refractivity contribution is 8.00. The first kappa shape index (κ1) is 76.7. The molecule has 3 aliphatic heterocycles. The SMILES string of the molecule is Cn1cc(C[C@H]2NC(=O)[C@@H](CCCN=C(N)N)CC(=O)[C@@H](Cc3ccccc3)NC(=O)[C@@H](CO)CC(=O)[C@@H](CC(N)=O)NC(=O)[C@@H](CC(=O)COCCOCCOCCCC(=O)CCCC[C@@H]3SCC4NC(=O)NC43)Cc3cn(nn3)CCCC[C@@H](C(N)=O)NC2=O)c2ccccc21. The lowest BCUT2D eigenvalue weighted by Gasteiger charge is -2.26. The zero-order valence-electron chi connectivity index (χ0n) is 55.5. The number of aryl methyl sites for hydroxylation is 2. The predicted octanol–water partition coefficient (Wildman–Crippen LogP) is 0.178. The summed E-state index contributed by atoms with van der Waals surface area (Å²) in [6, 6.07) is 10.7. The van der Waals surface area contributed by atoms with Gasteiger partial charge in [0.05, 0.1) is 81.2 Å². The lowest BCUT2D eigenvalue weighted by Crippen LogP contribution is -2.54. The second kappa shape index (κ2) is 39.7. The van der Waals surface area contributed by atoms with Gasteiger partial charge in [-0.2, -0.15) is 11.8 Å². The highest BCUT2D eigenvalue weighted by Crippen LogP contribution is 2.33. The summed E-state index contributed by atoms with van der Waals surface area (Å²) in [5, 5.41) is 37.1. The highest BCUT2D eigenvalue weighted by Gasteiger charge is 2.43. The summed E-state index contributed by atoms with van der Waals surface area (Å²) in [5.41, 5.74) is 25.2. The Balaban J connectivity index is 1.02. The first-order chi connectivity index (χ1) is 47.1. The number of ketones is 4. The Morgan fingerprint density at radius 2 is 1.33 bits per heavy atom. The molecule has 0 spiro atoms. The molecule has 2 unspecified atom stereocenters. The van der Waals surface area contributed by atoms with Crippen LogP contribution in [-0.4, -0.2) is 195 Å². The molecule has 2 aromatic carbocycles. The Morgan fingerprint density at radius 1 is 0.653 bits per heavy atom. The maximum absolute atomic E-state index is 14.8. The van der Waals surface area contributed by atoms with Gasteiger partial charge in [0, 0.05) is 112 Å². The van der Waals surface area contributed by atoms with Crippen molar-refractivity contribution in [3.63, 3.8) is 0 Å². The van der Waals surface area contributed by atoms with Crippen molar-refractivity contribution in [1.82, 2.24) is 51.5 Å². The van der Waals surface area contributed by atoms with E-state index in [9.17, 15) is 57.8 Å². The van der Waals surface area contributed by atoms with Crippen molar-refractivity contribution >= 4 is 93.2 Å². The second-order valence-electron chi connectivity index (χ2n) is 25.3. The smallest absolute Gasteiger partial charge is 0.315 e. The number of benzene rings is 2. The molecule has 3 aliphatic rings. The molecule has 31 heteroatoms. The number of carbonyl (C=O) groups is 11. The maximum atomic E-state index is 14.8. The summed E-state index contributed by atoms with van der Waals surface area (Å²) < 4.78 is 20.2. The average Bonchev–Trinajstić information content (AvgIpc) is 1.65. The van der Waals surface area contributed by atoms with Gasteiger partial charge >= 0.3 is 6.03 Å². The third kappa shape index (κ3) is 25.0. The standard InChI is InChI=1S/C67H95N15O15S/c1-81-36-44(49-18-6-7-20-55(49)81)32-53-65(93)73-50(61(69)89)19-9-10-23-82-37-46(79-80-82)30-43(31-48(85)39-97-28-27-96-26-25-95-24-12-17-47(84)16-5-8-21-58-60-54(40-98-58)77-67(94)78-60)63(91)75-52(35-59(68)88)57(87)34-45(38-83)64(92)74-51(29-41-13-3-2-4-14-41)56(86)33-42(62(90)76-53)15-11-22-72-66(70)71/h2-4,6-7,13-14,18,20,36-37,42-43,45,50-54,58,60,83H,5,8-12,15-17,19,21-35,38-40H2,1H3,(H2,68,88)(H2,69,89)(H,73,93)(H,74,92)(H,75,91)(H,76,90)(H4,70,71,72)(H2,77,78,94)/t42-,43+,45+,50-,51+,52+,53+,54?,58-,60?/m0/s1. The van der Waals surface area contributed by atoms with Gasteiger partial charge in [-0.15, -0.1) is 5.10 Å². The zero-order valence-corrected chi connectivity index (χ0v) is 56.4. The number of Topliss-reactive ketones (excluding diaryl/α,β-unsaturated/α-hetero) is 4. The molecule has 15 N–H and O–H groups in total. The van der Waals surface area contributed by atoms with E-state index < -0.39 is 134 Å². The molecule has 2 fully saturated rings. The van der Waals surface area contributed by atoms with Crippen molar-refractivity contribution in [3.05, 3.63) is 83.8 Å². The van der Waals surface area contributed by atoms with E-state index in [4.69, 9.17) is 37.1 Å². The number of para-hydroxylation sites is 1. The fraction of sp³-hybridized carbons (Fsp3) is 0.582. The van der Waals surface area contributed by atoms with E-state index in [2.05, 4.69) is 47.2 Å². The number of unbranched alkanes of at least 4 members (excludes halogenated alkanes) is 1. The molecule has 0 radical (unpaired) electrons. The van der Waals surface area contributed by atoms with Crippen LogP contribution in [-0.2, 0) is 95.0 Å². The Kier molecular flexibility index (Phi) is 31.1. The van der Waals surface area contributed by atoms with E-state index in [1.54, 1.807) is 36.5 Å². The van der Waals surface area contributed by atoms with E-state index >= 15 is 0 Å². The molecule has 2 aromatic heterocycles.